The predicted octanol–water partition coefficient (Wildman–Crippen LogP) is 2.68. The van der Waals surface area contributed by atoms with E-state index in [4.69, 9.17) is 6.42 Å². The summed E-state index contributed by atoms with van der Waals surface area (Å²) in [6, 6.07) is 0. The zero-order valence-electron chi connectivity index (χ0n) is 11.0. The summed E-state index contributed by atoms with van der Waals surface area (Å²) in [5, 5.41) is 0. The summed E-state index contributed by atoms with van der Waals surface area (Å²) < 4.78 is 0. The topological polar surface area (TPSA) is 20.3 Å². The van der Waals surface area contributed by atoms with Crippen LogP contribution >= 0.6 is 0 Å². The molecule has 2 heteroatoms. The first kappa shape index (κ1) is 12.5. The Labute approximate surface area is 105 Å². The Morgan fingerprint density at radius 1 is 1.35 bits per heavy atom. The van der Waals surface area contributed by atoms with Crippen LogP contribution < -0.4 is 0 Å². The van der Waals surface area contributed by atoms with Crippen LogP contribution in [0.4, 0.5) is 0 Å². The fraction of sp³-hybridized carbons (Fsp3) is 0.800. The van der Waals surface area contributed by atoms with Gasteiger partial charge in [-0.3, -0.25) is 4.79 Å². The van der Waals surface area contributed by atoms with Crippen molar-refractivity contribution in [1.29, 1.82) is 0 Å². The van der Waals surface area contributed by atoms with E-state index < -0.39 is 5.41 Å². The van der Waals surface area contributed by atoms with E-state index >= 15 is 0 Å². The molecule has 0 unspecified atom stereocenters. The van der Waals surface area contributed by atoms with Crippen molar-refractivity contribution in [3.05, 3.63) is 0 Å². The minimum Gasteiger partial charge on any atom is -0.341 e. The van der Waals surface area contributed by atoms with Gasteiger partial charge in [0.15, 0.2) is 0 Å². The van der Waals surface area contributed by atoms with Crippen molar-refractivity contribution in [2.45, 2.75) is 46.0 Å². The second-order valence-corrected chi connectivity index (χ2v) is 5.95. The van der Waals surface area contributed by atoms with Gasteiger partial charge in [-0.25, -0.2) is 0 Å². The van der Waals surface area contributed by atoms with Crippen LogP contribution in [0.15, 0.2) is 0 Å². The summed E-state index contributed by atoms with van der Waals surface area (Å²) >= 11 is 0. The van der Waals surface area contributed by atoms with Gasteiger partial charge in [-0.1, -0.05) is 19.8 Å². The van der Waals surface area contributed by atoms with Gasteiger partial charge in [-0.05, 0) is 43.9 Å². The molecule has 0 bridgehead atoms. The van der Waals surface area contributed by atoms with Gasteiger partial charge < -0.3 is 4.90 Å². The fourth-order valence-corrected chi connectivity index (χ4v) is 3.02. The normalized spacial score (nSPS) is 24.2. The molecule has 1 heterocycles. The second-order valence-electron chi connectivity index (χ2n) is 5.95. The van der Waals surface area contributed by atoms with Crippen LogP contribution in [0.5, 0.6) is 0 Å². The number of amides is 1. The molecule has 1 amide bonds. The standard InChI is InChI=1S/C15H23NO/c1-4-15(8-5-9-15)14(17)16-10-6-13(7-11-16)12(2)3/h1,12-13H,5-11H2,2-3H3. The number of hydrogen-bond acceptors (Lipinski definition) is 1. The maximum atomic E-state index is 12.4. The highest BCUT2D eigenvalue weighted by molar-refractivity contribution is 5.86. The molecule has 0 spiro atoms. The molecule has 1 aliphatic heterocycles. The number of carbonyl (C=O) groups excluding carboxylic acids is 1. The Kier molecular flexibility index (Phi) is 3.47. The lowest BCUT2D eigenvalue weighted by molar-refractivity contribution is -0.144. The number of nitrogens with zero attached hydrogens (tertiary/aromatic N) is 1. The van der Waals surface area contributed by atoms with Crippen molar-refractivity contribution in [2.75, 3.05) is 13.1 Å². The quantitative estimate of drug-likeness (QED) is 0.672. The number of likely N-dealkylation sites (tertiary alicyclic amines) is 1. The molecule has 1 saturated heterocycles. The predicted molar refractivity (Wildman–Crippen MR) is 69.3 cm³/mol. The molecule has 1 aliphatic carbocycles. The van der Waals surface area contributed by atoms with E-state index in [1.807, 2.05) is 4.90 Å². The number of hydrogen-bond donors (Lipinski definition) is 0. The van der Waals surface area contributed by atoms with Crippen molar-refractivity contribution in [3.8, 4) is 12.3 Å². The van der Waals surface area contributed by atoms with E-state index in [2.05, 4.69) is 19.8 Å². The molecule has 2 rings (SSSR count). The van der Waals surface area contributed by atoms with Gasteiger partial charge in [0.1, 0.15) is 5.41 Å². The van der Waals surface area contributed by atoms with E-state index in [0.717, 1.165) is 57.0 Å². The van der Waals surface area contributed by atoms with Crippen LogP contribution in [-0.4, -0.2) is 23.9 Å². The maximum absolute atomic E-state index is 12.4. The third-order valence-electron chi connectivity index (χ3n) is 4.66. The summed E-state index contributed by atoms with van der Waals surface area (Å²) in [5.41, 5.74) is -0.426. The Hall–Kier alpha value is -0.970. The van der Waals surface area contributed by atoms with E-state index in [9.17, 15) is 4.79 Å². The molecule has 2 aliphatic rings. The lowest BCUT2D eigenvalue weighted by Gasteiger charge is -2.42. The van der Waals surface area contributed by atoms with Gasteiger partial charge in [0, 0.05) is 13.1 Å². The van der Waals surface area contributed by atoms with Crippen molar-refractivity contribution in [1.82, 2.24) is 4.90 Å². The maximum Gasteiger partial charge on any atom is 0.240 e. The molecule has 2 fully saturated rings. The number of rotatable bonds is 2. The number of terminal acetylenes is 1. The molecule has 94 valence electrons. The van der Waals surface area contributed by atoms with Gasteiger partial charge in [-0.15, -0.1) is 6.42 Å². The minimum absolute atomic E-state index is 0.230. The van der Waals surface area contributed by atoms with E-state index in [1.165, 1.54) is 0 Å². The van der Waals surface area contributed by atoms with E-state index in [-0.39, 0.29) is 5.91 Å². The summed E-state index contributed by atoms with van der Waals surface area (Å²) in [6.45, 7) is 6.37. The molecular formula is C15H23NO. The van der Waals surface area contributed by atoms with Crippen molar-refractivity contribution < 1.29 is 4.79 Å². The van der Waals surface area contributed by atoms with Crippen molar-refractivity contribution in [3.63, 3.8) is 0 Å². The van der Waals surface area contributed by atoms with Crippen LogP contribution in [0, 0.1) is 29.6 Å². The van der Waals surface area contributed by atoms with Gasteiger partial charge >= 0.3 is 0 Å². The SMILES string of the molecule is C#CC1(C(=O)N2CCC(C(C)C)CC2)CCC1. The summed E-state index contributed by atoms with van der Waals surface area (Å²) in [4.78, 5) is 14.4. The Bertz CT molecular complexity index is 327. The monoisotopic (exact) mass is 233 g/mol. The molecule has 2 nitrogen and oxygen atoms in total. The zero-order valence-corrected chi connectivity index (χ0v) is 11.0. The summed E-state index contributed by atoms with van der Waals surface area (Å²) in [5.74, 6) is 4.50. The van der Waals surface area contributed by atoms with Crippen LogP contribution in [0.2, 0.25) is 0 Å². The average molecular weight is 233 g/mol. The molecule has 0 atom stereocenters. The van der Waals surface area contributed by atoms with Crippen LogP contribution in [0.25, 0.3) is 0 Å². The Morgan fingerprint density at radius 2 is 1.94 bits per heavy atom. The van der Waals surface area contributed by atoms with Crippen molar-refractivity contribution >= 4 is 5.91 Å². The van der Waals surface area contributed by atoms with Gasteiger partial charge in [0.2, 0.25) is 5.91 Å². The molecule has 1 saturated carbocycles. The van der Waals surface area contributed by atoms with Gasteiger partial charge in [0.05, 0.1) is 0 Å². The molecule has 0 N–H and O–H groups in total. The number of piperidine rings is 1. The first-order chi connectivity index (χ1) is 8.09. The summed E-state index contributed by atoms with van der Waals surface area (Å²) in [7, 11) is 0. The minimum atomic E-state index is -0.426. The second kappa shape index (κ2) is 4.72. The molecule has 0 radical (unpaired) electrons. The largest absolute Gasteiger partial charge is 0.341 e. The highest BCUT2D eigenvalue weighted by atomic mass is 16.2. The van der Waals surface area contributed by atoms with Crippen LogP contribution in [0.1, 0.15) is 46.0 Å². The molecule has 0 aromatic heterocycles. The lowest BCUT2D eigenvalue weighted by Crippen LogP contribution is -2.50. The smallest absolute Gasteiger partial charge is 0.240 e. The fourth-order valence-electron chi connectivity index (χ4n) is 3.02. The highest BCUT2D eigenvalue weighted by Crippen LogP contribution is 2.42. The first-order valence-electron chi connectivity index (χ1n) is 6.86. The first-order valence-corrected chi connectivity index (χ1v) is 6.86. The van der Waals surface area contributed by atoms with Gasteiger partial charge in [0.25, 0.3) is 0 Å². The Morgan fingerprint density at radius 3 is 2.29 bits per heavy atom. The molecule has 0 aromatic carbocycles. The number of carbonyl (C=O) groups is 1. The molecular weight excluding hydrogens is 210 g/mol. The zero-order chi connectivity index (χ0) is 12.5. The lowest BCUT2D eigenvalue weighted by atomic mass is 9.68. The summed E-state index contributed by atoms with van der Waals surface area (Å²) in [6.07, 6.45) is 10.7. The Balaban J connectivity index is 1.93. The average Bonchev–Trinajstić information content (AvgIpc) is 2.28. The van der Waals surface area contributed by atoms with Crippen molar-refractivity contribution in [2.24, 2.45) is 17.3 Å². The molecule has 0 aromatic rings. The van der Waals surface area contributed by atoms with E-state index in [1.54, 1.807) is 0 Å². The van der Waals surface area contributed by atoms with Crippen LogP contribution in [-0.2, 0) is 4.79 Å². The van der Waals surface area contributed by atoms with E-state index in [0.29, 0.717) is 0 Å². The molecule has 17 heavy (non-hydrogen) atoms. The van der Waals surface area contributed by atoms with Gasteiger partial charge in [-0.2, -0.15) is 0 Å². The third kappa shape index (κ3) is 2.20. The van der Waals surface area contributed by atoms with Crippen LogP contribution in [0.3, 0.4) is 0 Å². The third-order valence-corrected chi connectivity index (χ3v) is 4.66. The highest BCUT2D eigenvalue weighted by Gasteiger charge is 2.45.